The van der Waals surface area contributed by atoms with E-state index in [1.165, 1.54) is 7.11 Å². The number of anilines is 1. The summed E-state index contributed by atoms with van der Waals surface area (Å²) in [5.41, 5.74) is 1.94. The molecule has 2 aromatic carbocycles. The Morgan fingerprint density at radius 3 is 2.19 bits per heavy atom. The van der Waals surface area contributed by atoms with Crippen molar-refractivity contribution in [2.24, 2.45) is 0 Å². The molecule has 0 aliphatic carbocycles. The zero-order chi connectivity index (χ0) is 20.0. The number of nitrogens with one attached hydrogen (secondary N) is 1. The summed E-state index contributed by atoms with van der Waals surface area (Å²) in [4.78, 5) is 12.1. The lowest BCUT2D eigenvalue weighted by molar-refractivity contribution is 0.0500. The van der Waals surface area contributed by atoms with Crippen LogP contribution in [-0.4, -0.2) is 28.1 Å². The predicted octanol–water partition coefficient (Wildman–Crippen LogP) is 4.07. The number of benzene rings is 2. The van der Waals surface area contributed by atoms with Crippen molar-refractivity contribution in [1.82, 2.24) is 0 Å². The van der Waals surface area contributed by atoms with E-state index in [1.54, 1.807) is 50.2 Å². The second-order valence-corrected chi connectivity index (χ2v) is 7.88. The summed E-state index contributed by atoms with van der Waals surface area (Å²) >= 11 is 0. The lowest BCUT2D eigenvalue weighted by atomic mass is 10.1. The number of carbonyl (C=O) groups excluding carboxylic acids is 1. The van der Waals surface area contributed by atoms with Gasteiger partial charge in [0.1, 0.15) is 5.75 Å². The van der Waals surface area contributed by atoms with Crippen LogP contribution in [0.25, 0.3) is 0 Å². The molecule has 0 amide bonds. The van der Waals surface area contributed by atoms with Crippen LogP contribution in [0, 0.1) is 13.8 Å². The lowest BCUT2D eigenvalue weighted by Crippen LogP contribution is -2.16. The molecule has 27 heavy (non-hydrogen) atoms. The first-order chi connectivity index (χ1) is 12.8. The van der Waals surface area contributed by atoms with Gasteiger partial charge in [0.25, 0.3) is 10.0 Å². The average Bonchev–Trinajstić information content (AvgIpc) is 2.61. The summed E-state index contributed by atoms with van der Waals surface area (Å²) in [6.07, 6.45) is 1.75. The van der Waals surface area contributed by atoms with E-state index in [2.05, 4.69) is 4.72 Å². The highest BCUT2D eigenvalue weighted by Crippen LogP contribution is 2.27. The molecular formula is C20H25NO5S. The Morgan fingerprint density at radius 2 is 1.67 bits per heavy atom. The molecule has 0 spiro atoms. The monoisotopic (exact) mass is 391 g/mol. The molecule has 0 heterocycles. The van der Waals surface area contributed by atoms with Gasteiger partial charge in [-0.25, -0.2) is 13.2 Å². The fourth-order valence-corrected chi connectivity index (χ4v) is 4.24. The Bertz CT molecular complexity index is 881. The maximum atomic E-state index is 12.8. The Balaban J connectivity index is 2.18. The van der Waals surface area contributed by atoms with E-state index < -0.39 is 16.0 Å². The van der Waals surface area contributed by atoms with Crippen molar-refractivity contribution in [3.8, 4) is 5.75 Å². The molecule has 0 bridgehead atoms. The van der Waals surface area contributed by atoms with Gasteiger partial charge < -0.3 is 9.47 Å². The number of unbranched alkanes of at least 4 members (excludes halogenated alkanes) is 1. The number of carbonyl (C=O) groups is 1. The van der Waals surface area contributed by atoms with E-state index in [0.717, 1.165) is 12.8 Å². The van der Waals surface area contributed by atoms with Crippen molar-refractivity contribution in [2.75, 3.05) is 18.4 Å². The molecule has 0 saturated heterocycles. The number of sulfonamides is 1. The van der Waals surface area contributed by atoms with Crippen molar-refractivity contribution in [2.45, 2.75) is 38.5 Å². The number of aryl methyl sites for hydroxylation is 2. The third-order valence-electron chi connectivity index (χ3n) is 4.04. The van der Waals surface area contributed by atoms with Crippen LogP contribution in [0.5, 0.6) is 5.75 Å². The maximum Gasteiger partial charge on any atom is 0.338 e. The molecule has 0 fully saturated rings. The quantitative estimate of drug-likeness (QED) is 0.542. The fraction of sp³-hybridized carbons (Fsp3) is 0.350. The Kier molecular flexibility index (Phi) is 6.85. The molecule has 2 aromatic rings. The van der Waals surface area contributed by atoms with Crippen molar-refractivity contribution >= 4 is 21.7 Å². The van der Waals surface area contributed by atoms with Gasteiger partial charge in [0.05, 0.1) is 24.2 Å². The van der Waals surface area contributed by atoms with Crippen LogP contribution in [0.4, 0.5) is 5.69 Å². The third kappa shape index (κ3) is 5.23. The van der Waals surface area contributed by atoms with Crippen LogP contribution in [0.3, 0.4) is 0 Å². The summed E-state index contributed by atoms with van der Waals surface area (Å²) < 4.78 is 38.5. The van der Waals surface area contributed by atoms with E-state index >= 15 is 0 Å². The van der Waals surface area contributed by atoms with Crippen LogP contribution in [-0.2, 0) is 14.8 Å². The van der Waals surface area contributed by atoms with Gasteiger partial charge >= 0.3 is 5.97 Å². The van der Waals surface area contributed by atoms with Crippen LogP contribution >= 0.6 is 0 Å². The molecule has 6 nitrogen and oxygen atoms in total. The van der Waals surface area contributed by atoms with Gasteiger partial charge in [-0.1, -0.05) is 13.3 Å². The Hall–Kier alpha value is -2.54. The summed E-state index contributed by atoms with van der Waals surface area (Å²) in [5, 5.41) is 0. The second kappa shape index (κ2) is 8.90. The summed E-state index contributed by atoms with van der Waals surface area (Å²) in [6, 6.07) is 9.53. The SMILES string of the molecule is CCCCOC(=O)c1ccc(NS(=O)(=O)c2c(C)cc(OC)cc2C)cc1. The molecule has 0 atom stereocenters. The van der Waals surface area contributed by atoms with Crippen molar-refractivity contribution in [3.63, 3.8) is 0 Å². The van der Waals surface area contributed by atoms with Crippen LogP contribution < -0.4 is 9.46 Å². The lowest BCUT2D eigenvalue weighted by Gasteiger charge is -2.14. The summed E-state index contributed by atoms with van der Waals surface area (Å²) in [7, 11) is -2.23. The number of rotatable bonds is 8. The van der Waals surface area contributed by atoms with E-state index in [4.69, 9.17) is 9.47 Å². The first-order valence-electron chi connectivity index (χ1n) is 8.73. The van der Waals surface area contributed by atoms with E-state index in [0.29, 0.717) is 34.7 Å². The van der Waals surface area contributed by atoms with Crippen LogP contribution in [0.1, 0.15) is 41.3 Å². The summed E-state index contributed by atoms with van der Waals surface area (Å²) in [6.45, 7) is 5.83. The second-order valence-electron chi connectivity index (χ2n) is 6.26. The van der Waals surface area contributed by atoms with Gasteiger partial charge in [0, 0.05) is 5.69 Å². The first kappa shape index (κ1) is 20.8. The van der Waals surface area contributed by atoms with Crippen molar-refractivity contribution < 1.29 is 22.7 Å². The minimum atomic E-state index is -3.77. The molecule has 0 aliphatic heterocycles. The van der Waals surface area contributed by atoms with Gasteiger partial charge in [-0.2, -0.15) is 0 Å². The molecular weight excluding hydrogens is 366 g/mol. The topological polar surface area (TPSA) is 81.7 Å². The molecule has 1 N–H and O–H groups in total. The molecule has 2 rings (SSSR count). The first-order valence-corrected chi connectivity index (χ1v) is 10.2. The van der Waals surface area contributed by atoms with E-state index in [1.807, 2.05) is 6.92 Å². The number of hydrogen-bond donors (Lipinski definition) is 1. The van der Waals surface area contributed by atoms with Gasteiger partial charge in [-0.15, -0.1) is 0 Å². The predicted molar refractivity (Wildman–Crippen MR) is 105 cm³/mol. The number of esters is 1. The van der Waals surface area contributed by atoms with Crippen LogP contribution in [0.2, 0.25) is 0 Å². The fourth-order valence-electron chi connectivity index (χ4n) is 2.73. The number of methoxy groups -OCH3 is 1. The van der Waals surface area contributed by atoms with Gasteiger partial charge in [-0.05, 0) is 67.8 Å². The standard InChI is InChI=1S/C20H25NO5S/c1-5-6-11-26-20(22)16-7-9-17(10-8-16)21-27(23,24)19-14(2)12-18(25-4)13-15(19)3/h7-10,12-13,21H,5-6,11H2,1-4H3. The molecule has 7 heteroatoms. The zero-order valence-electron chi connectivity index (χ0n) is 16.0. The molecule has 0 aliphatic rings. The smallest absolute Gasteiger partial charge is 0.338 e. The van der Waals surface area contributed by atoms with Crippen LogP contribution in [0.15, 0.2) is 41.3 Å². The minimum Gasteiger partial charge on any atom is -0.497 e. The highest BCUT2D eigenvalue weighted by molar-refractivity contribution is 7.92. The molecule has 0 unspecified atom stereocenters. The van der Waals surface area contributed by atoms with Gasteiger partial charge in [-0.3, -0.25) is 4.72 Å². The normalized spacial score (nSPS) is 11.1. The largest absolute Gasteiger partial charge is 0.497 e. The number of ether oxygens (including phenoxy) is 2. The Labute approximate surface area is 160 Å². The van der Waals surface area contributed by atoms with Crippen molar-refractivity contribution in [1.29, 1.82) is 0 Å². The van der Waals surface area contributed by atoms with E-state index in [9.17, 15) is 13.2 Å². The maximum absolute atomic E-state index is 12.8. The van der Waals surface area contributed by atoms with Crippen molar-refractivity contribution in [3.05, 3.63) is 53.1 Å². The average molecular weight is 391 g/mol. The summed E-state index contributed by atoms with van der Waals surface area (Å²) in [5.74, 6) is 0.189. The molecule has 0 aromatic heterocycles. The van der Waals surface area contributed by atoms with Gasteiger partial charge in [0.15, 0.2) is 0 Å². The highest BCUT2D eigenvalue weighted by Gasteiger charge is 2.21. The third-order valence-corrected chi connectivity index (χ3v) is 5.73. The number of hydrogen-bond acceptors (Lipinski definition) is 5. The molecule has 146 valence electrons. The minimum absolute atomic E-state index is 0.214. The zero-order valence-corrected chi connectivity index (χ0v) is 16.9. The van der Waals surface area contributed by atoms with Gasteiger partial charge in [0.2, 0.25) is 0 Å². The molecule has 0 radical (unpaired) electrons. The molecule has 0 saturated carbocycles. The highest BCUT2D eigenvalue weighted by atomic mass is 32.2. The Morgan fingerprint density at radius 1 is 1.07 bits per heavy atom. The van der Waals surface area contributed by atoms with E-state index in [-0.39, 0.29) is 4.90 Å².